The molecule has 2 aromatic heterocycles. The molecule has 3 aromatic rings. The van der Waals surface area contributed by atoms with Gasteiger partial charge in [-0.2, -0.15) is 5.10 Å². The van der Waals surface area contributed by atoms with Crippen molar-refractivity contribution < 1.29 is 9.53 Å². The molecule has 2 amide bonds. The van der Waals surface area contributed by atoms with Gasteiger partial charge in [0.05, 0.1) is 12.8 Å². The second kappa shape index (κ2) is 8.63. The number of benzene rings is 1. The molecule has 1 aliphatic heterocycles. The summed E-state index contributed by atoms with van der Waals surface area (Å²) >= 11 is 0. The number of nitrogens with zero attached hydrogens (tertiary/aromatic N) is 6. The number of anilines is 2. The van der Waals surface area contributed by atoms with Crippen LogP contribution in [0.25, 0.3) is 5.82 Å². The standard InChI is InChI=1S/C22H27N7O2/c1-15-13-18(31-4)5-6-19(15)23-22(30)28-11-9-27(10-12-28)20-7-8-21(25-24-20)29-17(3)14-16(2)26-29/h5-8,13-14H,9-12H2,1-4H3,(H,23,30). The number of rotatable bonds is 4. The number of hydrogen-bond donors (Lipinski definition) is 1. The third-order valence-corrected chi connectivity index (χ3v) is 5.43. The summed E-state index contributed by atoms with van der Waals surface area (Å²) in [5, 5.41) is 16.2. The van der Waals surface area contributed by atoms with Crippen molar-refractivity contribution in [3.63, 3.8) is 0 Å². The van der Waals surface area contributed by atoms with Crippen LogP contribution in [-0.4, -0.2) is 64.2 Å². The molecule has 0 saturated carbocycles. The third kappa shape index (κ3) is 4.45. The first-order valence-electron chi connectivity index (χ1n) is 10.3. The summed E-state index contributed by atoms with van der Waals surface area (Å²) in [5.41, 5.74) is 3.72. The minimum Gasteiger partial charge on any atom is -0.497 e. The minimum absolute atomic E-state index is 0.0983. The molecular weight excluding hydrogens is 394 g/mol. The molecule has 3 heterocycles. The summed E-state index contributed by atoms with van der Waals surface area (Å²) in [6.07, 6.45) is 0. The molecule has 0 radical (unpaired) electrons. The average Bonchev–Trinajstić information content (AvgIpc) is 3.13. The molecule has 31 heavy (non-hydrogen) atoms. The van der Waals surface area contributed by atoms with Gasteiger partial charge in [-0.1, -0.05) is 0 Å². The van der Waals surface area contributed by atoms with E-state index in [0.717, 1.165) is 34.2 Å². The van der Waals surface area contributed by atoms with Crippen molar-refractivity contribution >= 4 is 17.5 Å². The van der Waals surface area contributed by atoms with Crippen LogP contribution in [0.1, 0.15) is 17.0 Å². The molecule has 0 spiro atoms. The average molecular weight is 422 g/mol. The zero-order valence-electron chi connectivity index (χ0n) is 18.3. The van der Waals surface area contributed by atoms with Gasteiger partial charge in [0.1, 0.15) is 5.75 Å². The Labute approximate surface area is 181 Å². The lowest BCUT2D eigenvalue weighted by Crippen LogP contribution is -2.50. The maximum atomic E-state index is 12.7. The van der Waals surface area contributed by atoms with Gasteiger partial charge >= 0.3 is 6.03 Å². The normalized spacial score (nSPS) is 13.9. The van der Waals surface area contributed by atoms with Crippen LogP contribution in [0.5, 0.6) is 5.75 Å². The Bertz CT molecular complexity index is 1070. The molecule has 162 valence electrons. The number of amides is 2. The zero-order valence-corrected chi connectivity index (χ0v) is 18.3. The summed E-state index contributed by atoms with van der Waals surface area (Å²) in [6.45, 7) is 8.52. The number of ether oxygens (including phenoxy) is 1. The molecule has 9 nitrogen and oxygen atoms in total. The van der Waals surface area contributed by atoms with E-state index in [1.165, 1.54) is 0 Å². The van der Waals surface area contributed by atoms with Crippen molar-refractivity contribution in [3.8, 4) is 11.6 Å². The first kappa shape index (κ1) is 20.6. The second-order valence-corrected chi connectivity index (χ2v) is 7.67. The summed E-state index contributed by atoms with van der Waals surface area (Å²) < 4.78 is 7.01. The first-order chi connectivity index (χ1) is 14.9. The van der Waals surface area contributed by atoms with E-state index in [9.17, 15) is 4.79 Å². The maximum absolute atomic E-state index is 12.7. The molecular formula is C22H27N7O2. The fraction of sp³-hybridized carbons (Fsp3) is 0.364. The largest absolute Gasteiger partial charge is 0.497 e. The molecule has 1 N–H and O–H groups in total. The van der Waals surface area contributed by atoms with Crippen LogP contribution in [0.3, 0.4) is 0 Å². The predicted octanol–water partition coefficient (Wildman–Crippen LogP) is 2.95. The zero-order chi connectivity index (χ0) is 22.0. The SMILES string of the molecule is COc1ccc(NC(=O)N2CCN(c3ccc(-n4nc(C)cc4C)nn3)CC2)c(C)c1. The molecule has 1 aliphatic rings. The molecule has 0 unspecified atom stereocenters. The highest BCUT2D eigenvalue weighted by Crippen LogP contribution is 2.22. The highest BCUT2D eigenvalue weighted by Gasteiger charge is 2.22. The van der Waals surface area contributed by atoms with E-state index in [-0.39, 0.29) is 6.03 Å². The lowest BCUT2D eigenvalue weighted by atomic mass is 10.2. The van der Waals surface area contributed by atoms with Crippen LogP contribution in [0, 0.1) is 20.8 Å². The van der Waals surface area contributed by atoms with Crippen molar-refractivity contribution in [2.75, 3.05) is 43.5 Å². The van der Waals surface area contributed by atoms with Crippen molar-refractivity contribution in [1.29, 1.82) is 0 Å². The Morgan fingerprint density at radius 2 is 1.68 bits per heavy atom. The van der Waals surface area contributed by atoms with Gasteiger partial charge in [-0.3, -0.25) is 0 Å². The third-order valence-electron chi connectivity index (χ3n) is 5.43. The van der Waals surface area contributed by atoms with E-state index in [4.69, 9.17) is 4.74 Å². The Balaban J connectivity index is 1.35. The Morgan fingerprint density at radius 3 is 2.26 bits per heavy atom. The van der Waals surface area contributed by atoms with Crippen molar-refractivity contribution in [2.45, 2.75) is 20.8 Å². The number of piperazine rings is 1. The molecule has 1 aromatic carbocycles. The number of aromatic nitrogens is 4. The van der Waals surface area contributed by atoms with Crippen LogP contribution < -0.4 is 15.0 Å². The number of aryl methyl sites for hydroxylation is 3. The van der Waals surface area contributed by atoms with Crippen molar-refractivity contribution in [1.82, 2.24) is 24.9 Å². The monoisotopic (exact) mass is 421 g/mol. The number of carbonyl (C=O) groups is 1. The number of carbonyl (C=O) groups excluding carboxylic acids is 1. The van der Waals surface area contributed by atoms with E-state index in [1.807, 2.05) is 62.1 Å². The predicted molar refractivity (Wildman–Crippen MR) is 119 cm³/mol. The van der Waals surface area contributed by atoms with Crippen LogP contribution in [0.4, 0.5) is 16.3 Å². The van der Waals surface area contributed by atoms with E-state index >= 15 is 0 Å². The fourth-order valence-electron chi connectivity index (χ4n) is 3.70. The van der Waals surface area contributed by atoms with Gasteiger partial charge in [0, 0.05) is 37.6 Å². The van der Waals surface area contributed by atoms with E-state index in [0.29, 0.717) is 32.0 Å². The lowest BCUT2D eigenvalue weighted by Gasteiger charge is -2.35. The quantitative estimate of drug-likeness (QED) is 0.697. The van der Waals surface area contributed by atoms with E-state index < -0.39 is 0 Å². The van der Waals surface area contributed by atoms with Gasteiger partial charge in [0.15, 0.2) is 11.6 Å². The molecule has 1 saturated heterocycles. The highest BCUT2D eigenvalue weighted by molar-refractivity contribution is 5.90. The molecule has 0 atom stereocenters. The van der Waals surface area contributed by atoms with Crippen LogP contribution in [0.2, 0.25) is 0 Å². The second-order valence-electron chi connectivity index (χ2n) is 7.67. The van der Waals surface area contributed by atoms with E-state index in [1.54, 1.807) is 11.8 Å². The Kier molecular flexibility index (Phi) is 5.75. The first-order valence-corrected chi connectivity index (χ1v) is 10.3. The minimum atomic E-state index is -0.0983. The van der Waals surface area contributed by atoms with E-state index in [2.05, 4.69) is 25.5 Å². The molecule has 0 bridgehead atoms. The van der Waals surface area contributed by atoms with Gasteiger partial charge < -0.3 is 19.9 Å². The van der Waals surface area contributed by atoms with Crippen LogP contribution >= 0.6 is 0 Å². The topological polar surface area (TPSA) is 88.4 Å². The van der Waals surface area contributed by atoms with Crippen LogP contribution in [-0.2, 0) is 0 Å². The summed E-state index contributed by atoms with van der Waals surface area (Å²) in [5.74, 6) is 2.27. The van der Waals surface area contributed by atoms with Crippen molar-refractivity contribution in [2.24, 2.45) is 0 Å². The smallest absolute Gasteiger partial charge is 0.321 e. The number of methoxy groups -OCH3 is 1. The lowest BCUT2D eigenvalue weighted by molar-refractivity contribution is 0.208. The number of urea groups is 1. The van der Waals surface area contributed by atoms with Gasteiger partial charge in [-0.05, 0) is 62.7 Å². The van der Waals surface area contributed by atoms with Gasteiger partial charge in [-0.25, -0.2) is 9.48 Å². The molecule has 1 fully saturated rings. The maximum Gasteiger partial charge on any atom is 0.321 e. The van der Waals surface area contributed by atoms with Gasteiger partial charge in [0.25, 0.3) is 0 Å². The summed E-state index contributed by atoms with van der Waals surface area (Å²) in [7, 11) is 1.63. The van der Waals surface area contributed by atoms with Crippen molar-refractivity contribution in [3.05, 3.63) is 53.3 Å². The van der Waals surface area contributed by atoms with Gasteiger partial charge in [-0.15, -0.1) is 10.2 Å². The summed E-state index contributed by atoms with van der Waals surface area (Å²) in [4.78, 5) is 16.6. The molecule has 9 heteroatoms. The molecule has 4 rings (SSSR count). The fourth-order valence-corrected chi connectivity index (χ4v) is 3.70. The molecule has 0 aliphatic carbocycles. The summed E-state index contributed by atoms with van der Waals surface area (Å²) in [6, 6.07) is 11.4. The highest BCUT2D eigenvalue weighted by atomic mass is 16.5. The Hall–Kier alpha value is -3.62. The van der Waals surface area contributed by atoms with Crippen LogP contribution in [0.15, 0.2) is 36.4 Å². The van der Waals surface area contributed by atoms with Gasteiger partial charge in [0.2, 0.25) is 0 Å². The number of nitrogens with one attached hydrogen (secondary N) is 1. The number of hydrogen-bond acceptors (Lipinski definition) is 6. The Morgan fingerprint density at radius 1 is 0.968 bits per heavy atom.